The van der Waals surface area contributed by atoms with Crippen molar-refractivity contribution in [2.75, 3.05) is 46.4 Å². The van der Waals surface area contributed by atoms with Gasteiger partial charge in [-0.2, -0.15) is 0 Å². The summed E-state index contributed by atoms with van der Waals surface area (Å²) in [6.07, 6.45) is 3.26. The van der Waals surface area contributed by atoms with Gasteiger partial charge in [0.1, 0.15) is 6.54 Å². The number of hydrogen-bond donors (Lipinski definition) is 1. The van der Waals surface area contributed by atoms with Gasteiger partial charge in [0.2, 0.25) is 5.91 Å². The lowest BCUT2D eigenvalue weighted by atomic mass is 9.99. The van der Waals surface area contributed by atoms with Crippen molar-refractivity contribution in [1.29, 1.82) is 0 Å². The molecule has 0 bridgehead atoms. The Hall–Kier alpha value is -1.30. The first-order chi connectivity index (χ1) is 9.16. The van der Waals surface area contributed by atoms with Crippen LogP contribution in [0, 0.1) is 5.92 Å². The third-order valence-electron chi connectivity index (χ3n) is 3.77. The third-order valence-corrected chi connectivity index (χ3v) is 3.77. The first-order valence-corrected chi connectivity index (χ1v) is 7.01. The highest BCUT2D eigenvalue weighted by molar-refractivity contribution is 5.84. The Morgan fingerprint density at radius 1 is 1.47 bits per heavy atom. The summed E-state index contributed by atoms with van der Waals surface area (Å²) in [4.78, 5) is 26.6. The van der Waals surface area contributed by atoms with Crippen molar-refractivity contribution in [1.82, 2.24) is 15.1 Å². The highest BCUT2D eigenvalue weighted by atomic mass is 16.5. The number of hydrogen-bond acceptors (Lipinski definition) is 3. The van der Waals surface area contributed by atoms with Crippen LogP contribution in [0.4, 0.5) is 4.79 Å². The normalized spacial score (nSPS) is 23.8. The monoisotopic (exact) mass is 269 g/mol. The summed E-state index contributed by atoms with van der Waals surface area (Å²) in [5.41, 5.74) is 0. The number of carbonyl (C=O) groups is 2. The van der Waals surface area contributed by atoms with Crippen molar-refractivity contribution in [3.8, 4) is 0 Å². The van der Waals surface area contributed by atoms with E-state index in [4.69, 9.17) is 4.74 Å². The van der Waals surface area contributed by atoms with Gasteiger partial charge in [0.05, 0.1) is 0 Å². The Bertz CT molecular complexity index is 329. The van der Waals surface area contributed by atoms with E-state index in [1.807, 2.05) is 0 Å². The van der Waals surface area contributed by atoms with Crippen LogP contribution < -0.4 is 5.32 Å². The molecule has 2 rings (SSSR count). The number of likely N-dealkylation sites (N-methyl/N-ethyl adjacent to an activating group) is 1. The van der Waals surface area contributed by atoms with Crippen molar-refractivity contribution >= 4 is 11.9 Å². The van der Waals surface area contributed by atoms with Gasteiger partial charge in [0.15, 0.2) is 0 Å². The summed E-state index contributed by atoms with van der Waals surface area (Å²) >= 11 is 0. The van der Waals surface area contributed by atoms with E-state index < -0.39 is 0 Å². The fourth-order valence-electron chi connectivity index (χ4n) is 2.53. The molecule has 6 heteroatoms. The largest absolute Gasteiger partial charge is 0.381 e. The van der Waals surface area contributed by atoms with Crippen molar-refractivity contribution < 1.29 is 14.3 Å². The van der Waals surface area contributed by atoms with Crippen molar-refractivity contribution in [2.24, 2.45) is 5.92 Å². The number of rotatable bonds is 5. The van der Waals surface area contributed by atoms with Gasteiger partial charge in [0.25, 0.3) is 0 Å². The van der Waals surface area contributed by atoms with E-state index in [1.165, 1.54) is 6.42 Å². The maximum absolute atomic E-state index is 11.7. The molecule has 2 aliphatic rings. The van der Waals surface area contributed by atoms with E-state index in [0.29, 0.717) is 25.6 Å². The molecule has 2 aliphatic heterocycles. The van der Waals surface area contributed by atoms with Crippen molar-refractivity contribution in [3.63, 3.8) is 0 Å². The Kier molecular flexibility index (Phi) is 5.01. The van der Waals surface area contributed by atoms with Crippen LogP contribution in [0.15, 0.2) is 0 Å². The second kappa shape index (κ2) is 6.75. The Morgan fingerprint density at radius 2 is 2.32 bits per heavy atom. The zero-order valence-electron chi connectivity index (χ0n) is 11.6. The molecule has 2 heterocycles. The number of nitrogens with zero attached hydrogens (tertiary/aromatic N) is 2. The molecule has 19 heavy (non-hydrogen) atoms. The number of amides is 3. The maximum atomic E-state index is 11.7. The zero-order chi connectivity index (χ0) is 13.7. The fourth-order valence-corrected chi connectivity index (χ4v) is 2.53. The SMILES string of the molecule is CN1CCN(CC(=O)NCC[C@H]2CCCOC2)C1=O. The number of ether oxygens (including phenoxy) is 1. The fraction of sp³-hybridized carbons (Fsp3) is 0.846. The molecule has 0 aromatic carbocycles. The van der Waals surface area contributed by atoms with Crippen molar-refractivity contribution in [2.45, 2.75) is 19.3 Å². The second-order valence-electron chi connectivity index (χ2n) is 5.35. The molecule has 2 saturated heterocycles. The van der Waals surface area contributed by atoms with Crippen LogP contribution in [0.5, 0.6) is 0 Å². The zero-order valence-corrected chi connectivity index (χ0v) is 11.6. The molecule has 0 aromatic heterocycles. The van der Waals surface area contributed by atoms with Gasteiger partial charge in [-0.3, -0.25) is 4.79 Å². The molecular weight excluding hydrogens is 246 g/mol. The van der Waals surface area contributed by atoms with Crippen LogP contribution in [-0.2, 0) is 9.53 Å². The molecule has 1 atom stereocenters. The molecule has 108 valence electrons. The quantitative estimate of drug-likeness (QED) is 0.780. The predicted octanol–water partition coefficient (Wildman–Crippen LogP) is 0.287. The molecule has 0 saturated carbocycles. The van der Waals surface area contributed by atoms with E-state index in [1.54, 1.807) is 16.8 Å². The first kappa shape index (κ1) is 14.1. The Balaban J connectivity index is 1.60. The summed E-state index contributed by atoms with van der Waals surface area (Å²) in [6, 6.07) is -0.0594. The van der Waals surface area contributed by atoms with E-state index in [9.17, 15) is 9.59 Å². The summed E-state index contributed by atoms with van der Waals surface area (Å²) in [5, 5.41) is 2.89. The van der Waals surface area contributed by atoms with Gasteiger partial charge in [-0.05, 0) is 25.2 Å². The molecule has 0 unspecified atom stereocenters. The Labute approximate surface area is 114 Å². The summed E-state index contributed by atoms with van der Waals surface area (Å²) < 4.78 is 5.40. The van der Waals surface area contributed by atoms with Crippen LogP contribution in [0.3, 0.4) is 0 Å². The minimum Gasteiger partial charge on any atom is -0.381 e. The lowest BCUT2D eigenvalue weighted by Gasteiger charge is -2.22. The minimum absolute atomic E-state index is 0.0594. The van der Waals surface area contributed by atoms with Gasteiger partial charge in [-0.1, -0.05) is 0 Å². The van der Waals surface area contributed by atoms with Crippen LogP contribution in [0.25, 0.3) is 0 Å². The molecule has 1 N–H and O–H groups in total. The topological polar surface area (TPSA) is 61.9 Å². The van der Waals surface area contributed by atoms with Crippen molar-refractivity contribution in [3.05, 3.63) is 0 Å². The summed E-state index contributed by atoms with van der Waals surface area (Å²) in [7, 11) is 1.75. The predicted molar refractivity (Wildman–Crippen MR) is 70.8 cm³/mol. The van der Waals surface area contributed by atoms with E-state index in [-0.39, 0.29) is 18.5 Å². The first-order valence-electron chi connectivity index (χ1n) is 7.01. The summed E-state index contributed by atoms with van der Waals surface area (Å²) in [6.45, 7) is 3.86. The lowest BCUT2D eigenvalue weighted by molar-refractivity contribution is -0.121. The average molecular weight is 269 g/mol. The van der Waals surface area contributed by atoms with Gasteiger partial charge in [-0.25, -0.2) is 4.79 Å². The third kappa shape index (κ3) is 4.09. The lowest BCUT2D eigenvalue weighted by Crippen LogP contribution is -2.40. The van der Waals surface area contributed by atoms with Gasteiger partial charge < -0.3 is 19.9 Å². The number of urea groups is 1. The molecular formula is C13H23N3O3. The number of nitrogens with one attached hydrogen (secondary N) is 1. The maximum Gasteiger partial charge on any atom is 0.320 e. The van der Waals surface area contributed by atoms with Crippen LogP contribution in [0.1, 0.15) is 19.3 Å². The average Bonchev–Trinajstić information content (AvgIpc) is 2.72. The molecule has 0 radical (unpaired) electrons. The smallest absolute Gasteiger partial charge is 0.320 e. The minimum atomic E-state index is -0.0691. The van der Waals surface area contributed by atoms with Gasteiger partial charge in [-0.15, -0.1) is 0 Å². The standard InChI is InChI=1S/C13H23N3O3/c1-15-6-7-16(13(15)18)9-12(17)14-5-4-11-3-2-8-19-10-11/h11H,2-10H2,1H3,(H,14,17)/t11-/m1/s1. The van der Waals surface area contributed by atoms with E-state index in [0.717, 1.165) is 26.1 Å². The van der Waals surface area contributed by atoms with Crippen LogP contribution in [0.2, 0.25) is 0 Å². The van der Waals surface area contributed by atoms with Crippen LogP contribution >= 0.6 is 0 Å². The summed E-state index contributed by atoms with van der Waals surface area (Å²) in [5.74, 6) is 0.494. The van der Waals surface area contributed by atoms with Gasteiger partial charge in [0, 0.05) is 39.9 Å². The van der Waals surface area contributed by atoms with E-state index in [2.05, 4.69) is 5.32 Å². The molecule has 0 spiro atoms. The molecule has 6 nitrogen and oxygen atoms in total. The molecule has 0 aliphatic carbocycles. The molecule has 3 amide bonds. The highest BCUT2D eigenvalue weighted by Gasteiger charge is 2.26. The number of carbonyl (C=O) groups excluding carboxylic acids is 2. The van der Waals surface area contributed by atoms with E-state index >= 15 is 0 Å². The Morgan fingerprint density at radius 3 is 2.95 bits per heavy atom. The van der Waals surface area contributed by atoms with Crippen LogP contribution in [-0.4, -0.2) is 68.2 Å². The second-order valence-corrected chi connectivity index (χ2v) is 5.35. The highest BCUT2D eigenvalue weighted by Crippen LogP contribution is 2.16. The molecule has 0 aromatic rings. The van der Waals surface area contributed by atoms with Gasteiger partial charge >= 0.3 is 6.03 Å². The molecule has 2 fully saturated rings.